The predicted molar refractivity (Wildman–Crippen MR) is 133 cm³/mol. The van der Waals surface area contributed by atoms with Crippen LogP contribution in [-0.2, 0) is 12.7 Å². The van der Waals surface area contributed by atoms with Crippen LogP contribution in [0.2, 0.25) is 0 Å². The Kier molecular flexibility index (Phi) is 7.29. The number of carboxylic acid groups (broad SMARTS) is 1. The molecule has 1 aromatic heterocycles. The first-order valence-electron chi connectivity index (χ1n) is 12.6. The van der Waals surface area contributed by atoms with Gasteiger partial charge in [0.1, 0.15) is 0 Å². The number of aromatic nitrogens is 2. The molecule has 1 aromatic carbocycles. The standard InChI is InChI=1S/C26H34F3N5O3/c1-17-5-6-18(2)34(17)22-15-20(26(27,28)29)8-7-19(22)16-31(4)25(3)10-13-32(14-11-25)24(37)33-12-9-21(30-33)23(35)36/h7-9,12,15,17-18H,5-6,10-11,13-14,16H2,1-4H3,(H,35,36)/t17-,18+. The number of carboxylic acids is 1. The van der Waals surface area contributed by atoms with Crippen LogP contribution in [-0.4, -0.2) is 74.4 Å². The van der Waals surface area contributed by atoms with E-state index >= 15 is 0 Å². The van der Waals surface area contributed by atoms with Crippen LogP contribution in [0.25, 0.3) is 0 Å². The number of likely N-dealkylation sites (tertiary alicyclic amines) is 1. The molecule has 8 nitrogen and oxygen atoms in total. The second-order valence-corrected chi connectivity index (χ2v) is 10.6. The number of aromatic carboxylic acids is 1. The fourth-order valence-electron chi connectivity index (χ4n) is 5.48. The smallest absolute Gasteiger partial charge is 0.416 e. The largest absolute Gasteiger partial charge is 0.476 e. The first-order valence-corrected chi connectivity index (χ1v) is 12.6. The van der Waals surface area contributed by atoms with E-state index in [1.165, 1.54) is 18.3 Å². The molecular formula is C26H34F3N5O3. The van der Waals surface area contributed by atoms with Gasteiger partial charge in [-0.05, 0) is 77.3 Å². The average molecular weight is 522 g/mol. The van der Waals surface area contributed by atoms with E-state index in [4.69, 9.17) is 5.11 Å². The van der Waals surface area contributed by atoms with Crippen molar-refractivity contribution in [2.75, 3.05) is 25.0 Å². The van der Waals surface area contributed by atoms with Crippen LogP contribution < -0.4 is 4.90 Å². The summed E-state index contributed by atoms with van der Waals surface area (Å²) in [6.07, 6.45) is 0.148. The zero-order valence-corrected chi connectivity index (χ0v) is 21.6. The molecule has 11 heteroatoms. The Morgan fingerprint density at radius 3 is 2.30 bits per heavy atom. The molecule has 0 aliphatic carbocycles. The number of carbonyl (C=O) groups is 2. The SMILES string of the molecule is C[C@@H]1CC[C@H](C)N1c1cc(C(F)(F)F)ccc1CN(C)C1(C)CCN(C(=O)n2ccc(C(=O)O)n2)CC1. The molecular weight excluding hydrogens is 487 g/mol. The highest BCUT2D eigenvalue weighted by Crippen LogP contribution is 2.39. The van der Waals surface area contributed by atoms with Crippen LogP contribution in [0.1, 0.15) is 68.1 Å². The van der Waals surface area contributed by atoms with Crippen molar-refractivity contribution in [1.29, 1.82) is 0 Å². The lowest BCUT2D eigenvalue weighted by Crippen LogP contribution is -2.53. The molecule has 3 heterocycles. The number of hydrogen-bond donors (Lipinski definition) is 1. The molecule has 4 rings (SSSR count). The van der Waals surface area contributed by atoms with Gasteiger partial charge in [-0.25, -0.2) is 9.59 Å². The minimum absolute atomic E-state index is 0.163. The summed E-state index contributed by atoms with van der Waals surface area (Å²) in [7, 11) is 1.97. The normalized spacial score (nSPS) is 22.1. The predicted octanol–water partition coefficient (Wildman–Crippen LogP) is 4.93. The third kappa shape index (κ3) is 5.46. The van der Waals surface area contributed by atoms with Crippen molar-refractivity contribution < 1.29 is 27.9 Å². The molecule has 0 bridgehead atoms. The number of nitrogens with zero attached hydrogens (tertiary/aromatic N) is 5. The number of benzene rings is 1. The van der Waals surface area contributed by atoms with Gasteiger partial charge in [0.05, 0.1) is 5.56 Å². The fourth-order valence-corrected chi connectivity index (χ4v) is 5.48. The summed E-state index contributed by atoms with van der Waals surface area (Å²) < 4.78 is 41.7. The summed E-state index contributed by atoms with van der Waals surface area (Å²) in [5.41, 5.74) is 0.402. The van der Waals surface area contributed by atoms with E-state index in [-0.39, 0.29) is 29.3 Å². The summed E-state index contributed by atoms with van der Waals surface area (Å²) in [5.74, 6) is -1.19. The minimum atomic E-state index is -4.41. The summed E-state index contributed by atoms with van der Waals surface area (Å²) in [4.78, 5) is 29.8. The molecule has 2 fully saturated rings. The lowest BCUT2D eigenvalue weighted by molar-refractivity contribution is -0.137. The fraction of sp³-hybridized carbons (Fsp3) is 0.577. The molecule has 0 saturated carbocycles. The van der Waals surface area contributed by atoms with Gasteiger partial charge < -0.3 is 14.9 Å². The van der Waals surface area contributed by atoms with E-state index in [0.717, 1.165) is 29.2 Å². The van der Waals surface area contributed by atoms with Crippen LogP contribution in [0.3, 0.4) is 0 Å². The van der Waals surface area contributed by atoms with E-state index in [9.17, 15) is 22.8 Å². The number of piperidine rings is 1. The van der Waals surface area contributed by atoms with Gasteiger partial charge in [-0.1, -0.05) is 6.07 Å². The molecule has 1 amide bonds. The van der Waals surface area contributed by atoms with Crippen LogP contribution >= 0.6 is 0 Å². The monoisotopic (exact) mass is 521 g/mol. The number of amides is 1. The topological polar surface area (TPSA) is 81.9 Å². The van der Waals surface area contributed by atoms with Crippen molar-refractivity contribution in [3.05, 3.63) is 47.3 Å². The maximum atomic E-state index is 13.6. The third-order valence-corrected chi connectivity index (χ3v) is 8.09. The van der Waals surface area contributed by atoms with Crippen molar-refractivity contribution >= 4 is 17.7 Å². The van der Waals surface area contributed by atoms with Crippen molar-refractivity contribution in [1.82, 2.24) is 19.6 Å². The zero-order chi connectivity index (χ0) is 27.1. The lowest BCUT2D eigenvalue weighted by atomic mass is 9.87. The summed E-state index contributed by atoms with van der Waals surface area (Å²) in [6, 6.07) is 5.29. The van der Waals surface area contributed by atoms with E-state index in [2.05, 4.69) is 35.7 Å². The van der Waals surface area contributed by atoms with Gasteiger partial charge in [0.15, 0.2) is 5.69 Å². The van der Waals surface area contributed by atoms with Gasteiger partial charge in [-0.15, -0.1) is 0 Å². The quantitative estimate of drug-likeness (QED) is 0.601. The molecule has 37 heavy (non-hydrogen) atoms. The van der Waals surface area contributed by atoms with Crippen molar-refractivity contribution in [3.63, 3.8) is 0 Å². The lowest BCUT2D eigenvalue weighted by Gasteiger charge is -2.45. The van der Waals surface area contributed by atoms with Crippen molar-refractivity contribution in [2.24, 2.45) is 0 Å². The Hall–Kier alpha value is -3.08. The molecule has 1 N–H and O–H groups in total. The number of halogens is 3. The van der Waals surface area contributed by atoms with Gasteiger partial charge in [-0.3, -0.25) is 4.90 Å². The number of alkyl halides is 3. The van der Waals surface area contributed by atoms with Gasteiger partial charge in [0.25, 0.3) is 0 Å². The van der Waals surface area contributed by atoms with Gasteiger partial charge >= 0.3 is 18.2 Å². The maximum Gasteiger partial charge on any atom is 0.416 e. The third-order valence-electron chi connectivity index (χ3n) is 8.09. The van der Waals surface area contributed by atoms with Crippen molar-refractivity contribution in [3.8, 4) is 0 Å². The molecule has 2 atom stereocenters. The number of rotatable bonds is 5. The van der Waals surface area contributed by atoms with Gasteiger partial charge in [0.2, 0.25) is 0 Å². The number of carbonyl (C=O) groups excluding carboxylic acids is 1. The van der Waals surface area contributed by atoms with Gasteiger partial charge in [-0.2, -0.15) is 23.0 Å². The molecule has 2 aromatic rings. The highest BCUT2D eigenvalue weighted by molar-refractivity contribution is 5.86. The van der Waals surface area contributed by atoms with Crippen LogP contribution in [0, 0.1) is 0 Å². The average Bonchev–Trinajstić information content (AvgIpc) is 3.46. The Morgan fingerprint density at radius 2 is 1.76 bits per heavy atom. The Labute approximate surface area is 214 Å². The molecule has 202 valence electrons. The summed E-state index contributed by atoms with van der Waals surface area (Å²) in [5, 5.41) is 12.9. The molecule has 2 saturated heterocycles. The van der Waals surface area contributed by atoms with Crippen LogP contribution in [0.5, 0.6) is 0 Å². The molecule has 0 radical (unpaired) electrons. The molecule has 0 spiro atoms. The minimum Gasteiger partial charge on any atom is -0.476 e. The number of anilines is 1. The van der Waals surface area contributed by atoms with Crippen LogP contribution in [0.4, 0.5) is 23.7 Å². The first kappa shape index (κ1) is 27.0. The van der Waals surface area contributed by atoms with Crippen molar-refractivity contribution in [2.45, 2.75) is 76.8 Å². The molecule has 2 aliphatic rings. The molecule has 0 unspecified atom stereocenters. The first-order chi connectivity index (χ1) is 17.3. The Bertz CT molecular complexity index is 1150. The summed E-state index contributed by atoms with van der Waals surface area (Å²) >= 11 is 0. The Morgan fingerprint density at radius 1 is 1.14 bits per heavy atom. The highest BCUT2D eigenvalue weighted by Gasteiger charge is 2.38. The molecule has 2 aliphatic heterocycles. The summed E-state index contributed by atoms with van der Waals surface area (Å²) in [6.45, 7) is 7.63. The second-order valence-electron chi connectivity index (χ2n) is 10.6. The Balaban J connectivity index is 1.49. The maximum absolute atomic E-state index is 13.6. The van der Waals surface area contributed by atoms with E-state index in [1.807, 2.05) is 7.05 Å². The second kappa shape index (κ2) is 10.00. The van der Waals surface area contributed by atoms with Gasteiger partial charge in [0, 0.05) is 49.1 Å². The van der Waals surface area contributed by atoms with E-state index in [0.29, 0.717) is 38.2 Å². The van der Waals surface area contributed by atoms with E-state index in [1.54, 1.807) is 11.0 Å². The number of hydrogen-bond acceptors (Lipinski definition) is 5. The van der Waals surface area contributed by atoms with E-state index < -0.39 is 17.7 Å². The highest BCUT2D eigenvalue weighted by atomic mass is 19.4. The zero-order valence-electron chi connectivity index (χ0n) is 21.6. The van der Waals surface area contributed by atoms with Crippen LogP contribution in [0.15, 0.2) is 30.5 Å².